The van der Waals surface area contributed by atoms with E-state index in [-0.39, 0.29) is 0 Å². The maximum Gasteiger partial charge on any atom is -0.00544 e. The van der Waals surface area contributed by atoms with Crippen molar-refractivity contribution in [1.82, 2.24) is 0 Å². The van der Waals surface area contributed by atoms with Crippen LogP contribution in [0.1, 0.15) is 43.4 Å². The molecule has 0 spiro atoms. The van der Waals surface area contributed by atoms with Crippen molar-refractivity contribution in [2.45, 2.75) is 33.1 Å². The first-order chi connectivity index (χ1) is 9.15. The first-order valence-electron chi connectivity index (χ1n) is 7.04. The average molecular weight is 248 g/mol. The van der Waals surface area contributed by atoms with Gasteiger partial charge in [-0.3, -0.25) is 0 Å². The maximum absolute atomic E-state index is 2.31. The summed E-state index contributed by atoms with van der Waals surface area (Å²) in [4.78, 5) is 0. The van der Waals surface area contributed by atoms with Gasteiger partial charge in [0.1, 0.15) is 0 Å². The smallest absolute Gasteiger partial charge is 0.00544 e. The van der Waals surface area contributed by atoms with Crippen molar-refractivity contribution in [2.24, 2.45) is 0 Å². The topological polar surface area (TPSA) is 0 Å². The number of fused-ring (bicyclic) bond motifs is 1. The molecule has 0 bridgehead atoms. The van der Waals surface area contributed by atoms with Crippen molar-refractivity contribution >= 4 is 6.08 Å². The molecule has 1 aliphatic carbocycles. The summed E-state index contributed by atoms with van der Waals surface area (Å²) in [5.41, 5.74) is 8.47. The first kappa shape index (κ1) is 12.2. The summed E-state index contributed by atoms with van der Waals surface area (Å²) in [5.74, 6) is 0.597. The number of rotatable bonds is 2. The van der Waals surface area contributed by atoms with Crippen molar-refractivity contribution in [3.05, 3.63) is 64.7 Å². The van der Waals surface area contributed by atoms with Crippen molar-refractivity contribution in [1.29, 1.82) is 0 Å². The van der Waals surface area contributed by atoms with Gasteiger partial charge in [0.05, 0.1) is 0 Å². The van der Waals surface area contributed by atoms with E-state index < -0.39 is 0 Å². The van der Waals surface area contributed by atoms with Crippen LogP contribution in [0.2, 0.25) is 0 Å². The summed E-state index contributed by atoms with van der Waals surface area (Å²) in [7, 11) is 0. The number of benzene rings is 2. The van der Waals surface area contributed by atoms with Gasteiger partial charge in [-0.25, -0.2) is 0 Å². The van der Waals surface area contributed by atoms with Crippen LogP contribution in [-0.2, 0) is 6.42 Å². The van der Waals surface area contributed by atoms with E-state index in [0.29, 0.717) is 5.92 Å². The minimum absolute atomic E-state index is 0.597. The standard InChI is InChI=1S/C19H20/c1-13(2)15-7-9-16(10-8-15)18-6-4-5-17-11-14(3)12-19(17)18/h4-11,13H,12H2,1-3H3. The monoisotopic (exact) mass is 248 g/mol. The van der Waals surface area contributed by atoms with Crippen LogP contribution in [0.5, 0.6) is 0 Å². The third-order valence-corrected chi connectivity index (χ3v) is 3.96. The zero-order valence-electron chi connectivity index (χ0n) is 11.9. The quantitative estimate of drug-likeness (QED) is 0.664. The lowest BCUT2D eigenvalue weighted by atomic mass is 9.94. The molecule has 2 aromatic rings. The Morgan fingerprint density at radius 1 is 0.947 bits per heavy atom. The van der Waals surface area contributed by atoms with Crippen LogP contribution in [0.4, 0.5) is 0 Å². The first-order valence-corrected chi connectivity index (χ1v) is 7.04. The summed E-state index contributed by atoms with van der Waals surface area (Å²) in [6.07, 6.45) is 3.40. The van der Waals surface area contributed by atoms with Gasteiger partial charge in [0.2, 0.25) is 0 Å². The Kier molecular flexibility index (Phi) is 3.02. The SMILES string of the molecule is CC1=Cc2cccc(-c3ccc(C(C)C)cc3)c2C1. The molecule has 0 aliphatic heterocycles. The van der Waals surface area contributed by atoms with Crippen LogP contribution in [0.25, 0.3) is 17.2 Å². The van der Waals surface area contributed by atoms with Crippen LogP contribution >= 0.6 is 0 Å². The molecule has 19 heavy (non-hydrogen) atoms. The molecule has 0 heterocycles. The van der Waals surface area contributed by atoms with E-state index in [0.717, 1.165) is 6.42 Å². The molecule has 0 saturated carbocycles. The molecule has 2 aromatic carbocycles. The van der Waals surface area contributed by atoms with Crippen LogP contribution in [-0.4, -0.2) is 0 Å². The number of hydrogen-bond acceptors (Lipinski definition) is 0. The molecule has 0 fully saturated rings. The molecule has 0 amide bonds. The third kappa shape index (κ3) is 2.23. The minimum atomic E-state index is 0.597. The van der Waals surface area contributed by atoms with Crippen molar-refractivity contribution in [3.63, 3.8) is 0 Å². The number of allylic oxidation sites excluding steroid dienone is 1. The van der Waals surface area contributed by atoms with Crippen molar-refractivity contribution in [3.8, 4) is 11.1 Å². The molecule has 96 valence electrons. The zero-order valence-corrected chi connectivity index (χ0v) is 11.9. The molecular formula is C19H20. The molecule has 0 aromatic heterocycles. The predicted molar refractivity (Wildman–Crippen MR) is 83.3 cm³/mol. The van der Waals surface area contributed by atoms with Crippen molar-refractivity contribution in [2.75, 3.05) is 0 Å². The lowest BCUT2D eigenvalue weighted by Crippen LogP contribution is -1.91. The Bertz CT molecular complexity index is 628. The highest BCUT2D eigenvalue weighted by molar-refractivity contribution is 5.77. The Labute approximate surface area is 115 Å². The van der Waals surface area contributed by atoms with Crippen LogP contribution in [0.15, 0.2) is 48.0 Å². The van der Waals surface area contributed by atoms with Gasteiger partial charge in [-0.1, -0.05) is 68.0 Å². The molecule has 0 heteroatoms. The molecular weight excluding hydrogens is 228 g/mol. The highest BCUT2D eigenvalue weighted by Gasteiger charge is 2.14. The summed E-state index contributed by atoms with van der Waals surface area (Å²) in [6.45, 7) is 6.69. The van der Waals surface area contributed by atoms with Crippen LogP contribution in [0, 0.1) is 0 Å². The summed E-state index contributed by atoms with van der Waals surface area (Å²) < 4.78 is 0. The highest BCUT2D eigenvalue weighted by atomic mass is 14.2. The minimum Gasteiger partial charge on any atom is -0.0683 e. The third-order valence-electron chi connectivity index (χ3n) is 3.96. The molecule has 0 radical (unpaired) electrons. The maximum atomic E-state index is 2.31. The largest absolute Gasteiger partial charge is 0.0683 e. The Morgan fingerprint density at radius 3 is 2.37 bits per heavy atom. The molecule has 0 saturated heterocycles. The molecule has 0 atom stereocenters. The fourth-order valence-corrected chi connectivity index (χ4v) is 2.85. The van der Waals surface area contributed by atoms with Gasteiger partial charge in [0.15, 0.2) is 0 Å². The highest BCUT2D eigenvalue weighted by Crippen LogP contribution is 2.34. The van der Waals surface area contributed by atoms with Gasteiger partial charge in [0, 0.05) is 0 Å². The van der Waals surface area contributed by atoms with E-state index in [1.165, 1.54) is 33.4 Å². The molecule has 0 nitrogen and oxygen atoms in total. The zero-order chi connectivity index (χ0) is 13.4. The number of hydrogen-bond donors (Lipinski definition) is 0. The Morgan fingerprint density at radius 2 is 1.68 bits per heavy atom. The average Bonchev–Trinajstić information content (AvgIpc) is 2.78. The van der Waals surface area contributed by atoms with E-state index in [2.05, 4.69) is 69.3 Å². The normalized spacial score (nSPS) is 13.6. The predicted octanol–water partition coefficient (Wildman–Crippen LogP) is 5.44. The second kappa shape index (κ2) is 4.70. The van der Waals surface area contributed by atoms with E-state index in [1.807, 2.05) is 0 Å². The lowest BCUT2D eigenvalue weighted by molar-refractivity contribution is 0.867. The van der Waals surface area contributed by atoms with Crippen LogP contribution in [0.3, 0.4) is 0 Å². The van der Waals surface area contributed by atoms with Gasteiger partial charge in [0.25, 0.3) is 0 Å². The molecule has 3 rings (SSSR count). The van der Waals surface area contributed by atoms with Gasteiger partial charge >= 0.3 is 0 Å². The summed E-state index contributed by atoms with van der Waals surface area (Å²) >= 11 is 0. The van der Waals surface area contributed by atoms with Crippen molar-refractivity contribution < 1.29 is 0 Å². The fraction of sp³-hybridized carbons (Fsp3) is 0.263. The Hall–Kier alpha value is -1.82. The van der Waals surface area contributed by atoms with Gasteiger partial charge in [-0.2, -0.15) is 0 Å². The van der Waals surface area contributed by atoms with E-state index in [4.69, 9.17) is 0 Å². The molecule has 0 unspecified atom stereocenters. The second-order valence-electron chi connectivity index (χ2n) is 5.82. The van der Waals surface area contributed by atoms with E-state index >= 15 is 0 Å². The fourth-order valence-electron chi connectivity index (χ4n) is 2.85. The summed E-state index contributed by atoms with van der Waals surface area (Å²) in [6, 6.07) is 15.7. The second-order valence-corrected chi connectivity index (χ2v) is 5.82. The van der Waals surface area contributed by atoms with Gasteiger partial charge in [-0.15, -0.1) is 0 Å². The lowest BCUT2D eigenvalue weighted by Gasteiger charge is -2.11. The van der Waals surface area contributed by atoms with Gasteiger partial charge < -0.3 is 0 Å². The molecule has 1 aliphatic rings. The van der Waals surface area contributed by atoms with Crippen LogP contribution < -0.4 is 0 Å². The Balaban J connectivity index is 2.03. The van der Waals surface area contributed by atoms with E-state index in [9.17, 15) is 0 Å². The molecule has 0 N–H and O–H groups in total. The van der Waals surface area contributed by atoms with Gasteiger partial charge in [-0.05, 0) is 47.1 Å². The summed E-state index contributed by atoms with van der Waals surface area (Å²) in [5, 5.41) is 0. The van der Waals surface area contributed by atoms with E-state index in [1.54, 1.807) is 0 Å².